The number of nitrogens with two attached hydrogens (primary N) is 1. The Morgan fingerprint density at radius 3 is 2.11 bits per heavy atom. The number of fused-ring (bicyclic) bond motifs is 1. The summed E-state index contributed by atoms with van der Waals surface area (Å²) in [5.74, 6) is -3.01. The summed E-state index contributed by atoms with van der Waals surface area (Å²) in [6, 6.07) is 22.6. The van der Waals surface area contributed by atoms with Crippen molar-refractivity contribution >= 4 is 23.3 Å². The lowest BCUT2D eigenvalue weighted by Gasteiger charge is -2.29. The zero-order chi connectivity index (χ0) is 27.0. The fraction of sp³-hybridized carbons (Fsp3) is 0.133. The van der Waals surface area contributed by atoms with Crippen LogP contribution in [-0.2, 0) is 15.0 Å². The van der Waals surface area contributed by atoms with Crippen molar-refractivity contribution in [3.05, 3.63) is 119 Å². The van der Waals surface area contributed by atoms with Gasteiger partial charge in [-0.1, -0.05) is 48.5 Å². The molecule has 4 aromatic carbocycles. The zero-order valence-electron chi connectivity index (χ0n) is 20.6. The SMILES string of the molecule is COc1ccc(C2(c3ccc(OC(=O)[C@@H](C)c4ccccc4N)cc3)C(=O)Nc3c2ccc(F)c3F)cc1. The van der Waals surface area contributed by atoms with Crippen molar-refractivity contribution in [2.75, 3.05) is 18.2 Å². The van der Waals surface area contributed by atoms with Crippen molar-refractivity contribution in [3.63, 3.8) is 0 Å². The van der Waals surface area contributed by atoms with Crippen molar-refractivity contribution in [1.29, 1.82) is 0 Å². The molecule has 0 aliphatic carbocycles. The van der Waals surface area contributed by atoms with E-state index in [0.717, 1.165) is 6.07 Å². The van der Waals surface area contributed by atoms with Gasteiger partial charge in [0.1, 0.15) is 16.9 Å². The Balaban J connectivity index is 1.55. The maximum atomic E-state index is 14.7. The normalized spacial score (nSPS) is 16.9. The van der Waals surface area contributed by atoms with Gasteiger partial charge in [0.25, 0.3) is 0 Å². The van der Waals surface area contributed by atoms with Crippen LogP contribution in [0.1, 0.15) is 35.1 Å². The van der Waals surface area contributed by atoms with E-state index in [1.807, 2.05) is 0 Å². The van der Waals surface area contributed by atoms with E-state index in [1.54, 1.807) is 79.7 Å². The number of anilines is 2. The molecule has 1 heterocycles. The van der Waals surface area contributed by atoms with E-state index < -0.39 is 34.8 Å². The number of amides is 1. The fourth-order valence-corrected chi connectivity index (χ4v) is 4.91. The molecule has 192 valence electrons. The predicted molar refractivity (Wildman–Crippen MR) is 139 cm³/mol. The average molecular weight is 515 g/mol. The Labute approximate surface area is 218 Å². The van der Waals surface area contributed by atoms with Crippen molar-refractivity contribution in [2.24, 2.45) is 0 Å². The summed E-state index contributed by atoms with van der Waals surface area (Å²) in [4.78, 5) is 26.4. The number of hydrogen-bond acceptors (Lipinski definition) is 5. The molecule has 0 radical (unpaired) electrons. The molecule has 5 rings (SSSR count). The highest BCUT2D eigenvalue weighted by Crippen LogP contribution is 2.49. The minimum Gasteiger partial charge on any atom is -0.497 e. The first kappa shape index (κ1) is 25.0. The number of nitrogen functional groups attached to an aromatic ring is 1. The number of carbonyl (C=O) groups is 2. The van der Waals surface area contributed by atoms with Crippen LogP contribution in [-0.4, -0.2) is 19.0 Å². The summed E-state index contributed by atoms with van der Waals surface area (Å²) in [5, 5.41) is 2.53. The summed E-state index contributed by atoms with van der Waals surface area (Å²) in [6.07, 6.45) is 0. The highest BCUT2D eigenvalue weighted by molar-refractivity contribution is 6.11. The highest BCUT2D eigenvalue weighted by atomic mass is 19.2. The molecular formula is C30H24F2N2O4. The molecule has 8 heteroatoms. The van der Waals surface area contributed by atoms with Gasteiger partial charge in [-0.2, -0.15) is 0 Å². The van der Waals surface area contributed by atoms with Crippen LogP contribution in [0.25, 0.3) is 0 Å². The Hall–Kier alpha value is -4.72. The molecule has 0 bridgehead atoms. The summed E-state index contributed by atoms with van der Waals surface area (Å²) in [6.45, 7) is 1.70. The highest BCUT2D eigenvalue weighted by Gasteiger charge is 2.51. The number of methoxy groups -OCH3 is 1. The number of carbonyl (C=O) groups excluding carboxylic acids is 2. The van der Waals surface area contributed by atoms with Crippen LogP contribution in [0.4, 0.5) is 20.2 Å². The minimum atomic E-state index is -1.48. The second kappa shape index (κ2) is 9.63. The first-order chi connectivity index (χ1) is 18.3. The third-order valence-electron chi connectivity index (χ3n) is 6.92. The lowest BCUT2D eigenvalue weighted by molar-refractivity contribution is -0.135. The number of esters is 1. The number of nitrogens with one attached hydrogen (secondary N) is 1. The molecule has 38 heavy (non-hydrogen) atoms. The molecule has 4 aromatic rings. The predicted octanol–water partition coefficient (Wildman–Crippen LogP) is 5.55. The second-order valence-corrected chi connectivity index (χ2v) is 9.01. The summed E-state index contributed by atoms with van der Waals surface area (Å²) in [5.41, 5.74) is 6.72. The summed E-state index contributed by atoms with van der Waals surface area (Å²) < 4.78 is 39.6. The molecule has 0 aromatic heterocycles. The van der Waals surface area contributed by atoms with Crippen molar-refractivity contribution in [3.8, 4) is 11.5 Å². The third-order valence-corrected chi connectivity index (χ3v) is 6.92. The quantitative estimate of drug-likeness (QED) is 0.200. The number of ether oxygens (including phenoxy) is 2. The van der Waals surface area contributed by atoms with E-state index in [9.17, 15) is 18.4 Å². The summed E-state index contributed by atoms with van der Waals surface area (Å²) >= 11 is 0. The largest absolute Gasteiger partial charge is 0.497 e. The molecule has 1 unspecified atom stereocenters. The van der Waals surface area contributed by atoms with Gasteiger partial charge in [-0.25, -0.2) is 8.78 Å². The lowest BCUT2D eigenvalue weighted by Crippen LogP contribution is -2.37. The number of para-hydroxylation sites is 1. The van der Waals surface area contributed by atoms with Crippen LogP contribution >= 0.6 is 0 Å². The zero-order valence-corrected chi connectivity index (χ0v) is 20.6. The smallest absolute Gasteiger partial charge is 0.318 e. The van der Waals surface area contributed by atoms with E-state index in [4.69, 9.17) is 15.2 Å². The van der Waals surface area contributed by atoms with Gasteiger partial charge in [-0.05, 0) is 60.0 Å². The maximum Gasteiger partial charge on any atom is 0.318 e. The molecule has 2 atom stereocenters. The average Bonchev–Trinajstić information content (AvgIpc) is 3.24. The first-order valence-corrected chi connectivity index (χ1v) is 11.9. The van der Waals surface area contributed by atoms with Crippen LogP contribution in [0.15, 0.2) is 84.9 Å². The van der Waals surface area contributed by atoms with Crippen LogP contribution < -0.4 is 20.5 Å². The van der Waals surface area contributed by atoms with Crippen molar-refractivity contribution in [1.82, 2.24) is 0 Å². The van der Waals surface area contributed by atoms with Crippen LogP contribution in [0.5, 0.6) is 11.5 Å². The Morgan fingerprint density at radius 2 is 1.50 bits per heavy atom. The van der Waals surface area contributed by atoms with Gasteiger partial charge in [0, 0.05) is 11.3 Å². The molecule has 0 saturated carbocycles. The van der Waals surface area contributed by atoms with Crippen molar-refractivity contribution < 1.29 is 27.8 Å². The second-order valence-electron chi connectivity index (χ2n) is 9.01. The molecule has 0 fully saturated rings. The molecule has 0 saturated heterocycles. The maximum absolute atomic E-state index is 14.7. The van der Waals surface area contributed by atoms with Gasteiger partial charge in [-0.15, -0.1) is 0 Å². The van der Waals surface area contributed by atoms with Gasteiger partial charge in [0.05, 0.1) is 18.7 Å². The Bertz CT molecular complexity index is 1540. The fourth-order valence-electron chi connectivity index (χ4n) is 4.91. The van der Waals surface area contributed by atoms with E-state index in [0.29, 0.717) is 28.1 Å². The number of rotatable bonds is 6. The number of benzene rings is 4. The Kier molecular flexibility index (Phi) is 6.32. The van der Waals surface area contributed by atoms with Gasteiger partial charge in [0.15, 0.2) is 11.6 Å². The number of hydrogen-bond donors (Lipinski definition) is 2. The van der Waals surface area contributed by atoms with Gasteiger partial charge < -0.3 is 20.5 Å². The van der Waals surface area contributed by atoms with Gasteiger partial charge in [-0.3, -0.25) is 9.59 Å². The standard InChI is InChI=1S/C30H24F2N2O4/c1-17(22-5-3-4-6-25(22)33)28(35)38-21-13-9-19(10-14-21)30(18-7-11-20(37-2)12-8-18)23-15-16-24(31)26(32)27(23)34-29(30)36/h3-17H,33H2,1-2H3,(H,34,36)/t17-,30?/m0/s1. The molecule has 1 aliphatic rings. The molecule has 3 N–H and O–H groups in total. The van der Waals surface area contributed by atoms with E-state index in [-0.39, 0.29) is 17.0 Å². The van der Waals surface area contributed by atoms with E-state index in [2.05, 4.69) is 5.32 Å². The van der Waals surface area contributed by atoms with E-state index >= 15 is 0 Å². The molecule has 1 amide bonds. The van der Waals surface area contributed by atoms with Crippen LogP contribution in [0, 0.1) is 11.6 Å². The lowest BCUT2D eigenvalue weighted by atomic mass is 9.70. The summed E-state index contributed by atoms with van der Waals surface area (Å²) in [7, 11) is 1.52. The van der Waals surface area contributed by atoms with E-state index in [1.165, 1.54) is 13.2 Å². The van der Waals surface area contributed by atoms with Gasteiger partial charge in [0.2, 0.25) is 5.91 Å². The Morgan fingerprint density at radius 1 is 0.895 bits per heavy atom. The van der Waals surface area contributed by atoms with Gasteiger partial charge >= 0.3 is 5.97 Å². The minimum absolute atomic E-state index is 0.212. The topological polar surface area (TPSA) is 90.7 Å². The third kappa shape index (κ3) is 3.94. The monoisotopic (exact) mass is 514 g/mol. The van der Waals surface area contributed by atoms with Crippen LogP contribution in [0.2, 0.25) is 0 Å². The number of halogens is 2. The first-order valence-electron chi connectivity index (χ1n) is 11.9. The molecule has 6 nitrogen and oxygen atoms in total. The van der Waals surface area contributed by atoms with Crippen molar-refractivity contribution in [2.45, 2.75) is 18.3 Å². The molecule has 1 aliphatic heterocycles. The molecular weight excluding hydrogens is 490 g/mol. The molecule has 0 spiro atoms. The van der Waals surface area contributed by atoms with Crippen LogP contribution in [0.3, 0.4) is 0 Å².